The van der Waals surface area contributed by atoms with Crippen molar-refractivity contribution in [3.05, 3.63) is 76.2 Å². The van der Waals surface area contributed by atoms with Crippen LogP contribution in [0.3, 0.4) is 0 Å². The molecule has 0 aliphatic carbocycles. The fourth-order valence-corrected chi connectivity index (χ4v) is 1.67. The van der Waals surface area contributed by atoms with E-state index in [0.717, 1.165) is 5.56 Å². The predicted octanol–water partition coefficient (Wildman–Crippen LogP) is 2.77. The summed E-state index contributed by atoms with van der Waals surface area (Å²) in [6.07, 6.45) is 4.65. The van der Waals surface area contributed by atoms with Crippen LogP contribution in [0.2, 0.25) is 0 Å². The molecule has 4 N–H and O–H groups in total. The van der Waals surface area contributed by atoms with E-state index in [4.69, 9.17) is 10.2 Å². The van der Waals surface area contributed by atoms with Gasteiger partial charge in [-0.2, -0.15) is 16.9 Å². The highest BCUT2D eigenvalue weighted by atomic mass is 32.2. The highest BCUT2D eigenvalue weighted by molar-refractivity contribution is 7.97. The summed E-state index contributed by atoms with van der Waals surface area (Å²) in [4.78, 5) is 11.1. The number of H-pyrrole nitrogens is 2. The SMILES string of the molecule is CSC.O=c1[nH][nH]nc1Cc1ccccc1.Oc1cccc(O)c1. The van der Waals surface area contributed by atoms with Crippen LogP contribution in [-0.2, 0) is 6.42 Å². The Morgan fingerprint density at radius 2 is 1.58 bits per heavy atom. The zero-order valence-electron chi connectivity index (χ0n) is 13.6. The van der Waals surface area contributed by atoms with Crippen molar-refractivity contribution in [3.8, 4) is 11.5 Å². The van der Waals surface area contributed by atoms with Crippen LogP contribution in [0.25, 0.3) is 0 Å². The number of phenols is 2. The molecule has 0 fully saturated rings. The molecule has 1 aromatic heterocycles. The Morgan fingerprint density at radius 3 is 2.00 bits per heavy atom. The summed E-state index contributed by atoms with van der Waals surface area (Å²) in [7, 11) is 0. The monoisotopic (exact) mass is 347 g/mol. The van der Waals surface area contributed by atoms with Gasteiger partial charge >= 0.3 is 0 Å². The second-order valence-corrected chi connectivity index (χ2v) is 5.53. The average molecular weight is 347 g/mol. The lowest BCUT2D eigenvalue weighted by Gasteiger charge is -1.94. The molecule has 0 bridgehead atoms. The summed E-state index contributed by atoms with van der Waals surface area (Å²) in [5, 5.41) is 26.0. The van der Waals surface area contributed by atoms with Crippen LogP contribution in [-0.4, -0.2) is 38.1 Å². The molecular formula is C17H21N3O3S. The summed E-state index contributed by atoms with van der Waals surface area (Å²) in [6.45, 7) is 0. The molecule has 7 heteroatoms. The van der Waals surface area contributed by atoms with Crippen LogP contribution in [0.1, 0.15) is 11.3 Å². The van der Waals surface area contributed by atoms with Gasteiger partial charge in [-0.1, -0.05) is 36.4 Å². The fraction of sp³-hybridized carbons (Fsp3) is 0.176. The first kappa shape index (κ1) is 19.4. The van der Waals surface area contributed by atoms with Gasteiger partial charge in [-0.3, -0.25) is 4.79 Å². The van der Waals surface area contributed by atoms with E-state index in [2.05, 4.69) is 15.4 Å². The van der Waals surface area contributed by atoms with Gasteiger partial charge in [-0.05, 0) is 30.2 Å². The van der Waals surface area contributed by atoms with E-state index in [1.165, 1.54) is 18.2 Å². The van der Waals surface area contributed by atoms with Crippen LogP contribution in [0.15, 0.2) is 59.4 Å². The standard InChI is InChI=1S/C9H9N3O.C6H6O2.C2H6S/c13-9-8(10-12-11-9)6-7-4-2-1-3-5-7;7-5-2-1-3-6(8)4-5;1-3-2/h1-5H,6H2,(H2,10,11,12,13);1-4,7-8H;1-2H3. The number of rotatable bonds is 2. The lowest BCUT2D eigenvalue weighted by Crippen LogP contribution is -2.06. The van der Waals surface area contributed by atoms with Crippen LogP contribution in [0.5, 0.6) is 11.5 Å². The molecule has 0 saturated carbocycles. The van der Waals surface area contributed by atoms with E-state index in [-0.39, 0.29) is 17.1 Å². The van der Waals surface area contributed by atoms with Crippen molar-refractivity contribution in [1.82, 2.24) is 15.4 Å². The number of nitrogens with one attached hydrogen (secondary N) is 2. The van der Waals surface area contributed by atoms with Crippen molar-refractivity contribution in [2.24, 2.45) is 0 Å². The number of aromatic nitrogens is 3. The normalized spacial score (nSPS) is 9.25. The minimum atomic E-state index is -0.149. The number of nitrogens with zero attached hydrogens (tertiary/aromatic N) is 1. The van der Waals surface area contributed by atoms with Crippen molar-refractivity contribution < 1.29 is 10.2 Å². The zero-order chi connectivity index (χ0) is 17.8. The molecule has 0 aliphatic rings. The van der Waals surface area contributed by atoms with Gasteiger partial charge in [0, 0.05) is 12.5 Å². The molecule has 0 unspecified atom stereocenters. The number of thioether (sulfide) groups is 1. The molecule has 0 aliphatic heterocycles. The minimum absolute atomic E-state index is 0.0880. The smallest absolute Gasteiger partial charge is 0.287 e. The van der Waals surface area contributed by atoms with E-state index < -0.39 is 0 Å². The van der Waals surface area contributed by atoms with Gasteiger partial charge < -0.3 is 10.2 Å². The number of benzene rings is 2. The molecular weight excluding hydrogens is 326 g/mol. The summed E-state index contributed by atoms with van der Waals surface area (Å²) in [6, 6.07) is 15.6. The summed E-state index contributed by atoms with van der Waals surface area (Å²) in [5.41, 5.74) is 1.45. The second kappa shape index (κ2) is 11.0. The molecule has 128 valence electrons. The van der Waals surface area contributed by atoms with Crippen molar-refractivity contribution in [2.45, 2.75) is 6.42 Å². The highest BCUT2D eigenvalue weighted by Crippen LogP contribution is 2.14. The molecule has 3 rings (SSSR count). The Labute approximate surface area is 144 Å². The minimum Gasteiger partial charge on any atom is -0.508 e. The number of hydrogen-bond acceptors (Lipinski definition) is 5. The number of hydrogen-bond donors (Lipinski definition) is 4. The maximum absolute atomic E-state index is 11.1. The van der Waals surface area contributed by atoms with Gasteiger partial charge in [0.1, 0.15) is 17.2 Å². The van der Waals surface area contributed by atoms with Gasteiger partial charge in [0.15, 0.2) is 0 Å². The Hall–Kier alpha value is -2.67. The summed E-state index contributed by atoms with van der Waals surface area (Å²) >= 11 is 1.75. The molecule has 6 nitrogen and oxygen atoms in total. The summed E-state index contributed by atoms with van der Waals surface area (Å²) < 4.78 is 0. The molecule has 0 atom stereocenters. The molecule has 0 spiro atoms. The number of aromatic amines is 2. The first-order valence-corrected chi connectivity index (χ1v) is 8.74. The van der Waals surface area contributed by atoms with Crippen molar-refractivity contribution in [2.75, 3.05) is 12.5 Å². The Balaban J connectivity index is 0.000000224. The average Bonchev–Trinajstić information content (AvgIpc) is 2.95. The third-order valence-electron chi connectivity index (χ3n) is 2.67. The van der Waals surface area contributed by atoms with Gasteiger partial charge in [0.2, 0.25) is 0 Å². The Morgan fingerprint density at radius 1 is 1.00 bits per heavy atom. The molecule has 0 radical (unpaired) electrons. The third kappa shape index (κ3) is 7.55. The predicted molar refractivity (Wildman–Crippen MR) is 97.7 cm³/mol. The quantitative estimate of drug-likeness (QED) is 0.571. The first-order valence-electron chi connectivity index (χ1n) is 7.10. The maximum Gasteiger partial charge on any atom is 0.287 e. The van der Waals surface area contributed by atoms with Crippen LogP contribution < -0.4 is 5.56 Å². The molecule has 24 heavy (non-hydrogen) atoms. The Bertz CT molecular complexity index is 740. The molecule has 2 aromatic carbocycles. The largest absolute Gasteiger partial charge is 0.508 e. The van der Waals surface area contributed by atoms with Crippen LogP contribution in [0.4, 0.5) is 0 Å². The summed E-state index contributed by atoms with van der Waals surface area (Å²) in [5.74, 6) is 0.176. The van der Waals surface area contributed by atoms with Gasteiger partial charge in [0.05, 0.1) is 0 Å². The molecule has 0 amide bonds. The number of aromatic hydroxyl groups is 2. The second-order valence-electron chi connectivity index (χ2n) is 4.71. The van der Waals surface area contributed by atoms with E-state index in [9.17, 15) is 4.79 Å². The van der Waals surface area contributed by atoms with Crippen LogP contribution in [0, 0.1) is 0 Å². The van der Waals surface area contributed by atoms with Crippen LogP contribution >= 0.6 is 11.8 Å². The lowest BCUT2D eigenvalue weighted by atomic mass is 10.1. The van der Waals surface area contributed by atoms with E-state index in [0.29, 0.717) is 12.1 Å². The lowest BCUT2D eigenvalue weighted by molar-refractivity contribution is 0.450. The molecule has 3 aromatic rings. The van der Waals surface area contributed by atoms with E-state index in [1.807, 2.05) is 42.8 Å². The Kier molecular flexibility index (Phi) is 8.85. The maximum atomic E-state index is 11.1. The van der Waals surface area contributed by atoms with Gasteiger partial charge in [-0.15, -0.1) is 0 Å². The van der Waals surface area contributed by atoms with Gasteiger partial charge in [-0.25, -0.2) is 10.3 Å². The molecule has 1 heterocycles. The molecule has 0 saturated heterocycles. The van der Waals surface area contributed by atoms with Crippen molar-refractivity contribution >= 4 is 11.8 Å². The number of phenolic OH excluding ortho intramolecular Hbond substituents is 2. The van der Waals surface area contributed by atoms with Gasteiger partial charge in [0.25, 0.3) is 5.56 Å². The van der Waals surface area contributed by atoms with E-state index >= 15 is 0 Å². The third-order valence-corrected chi connectivity index (χ3v) is 2.67. The zero-order valence-corrected chi connectivity index (χ0v) is 14.4. The topological polar surface area (TPSA) is 102 Å². The van der Waals surface area contributed by atoms with Crippen molar-refractivity contribution in [1.29, 1.82) is 0 Å². The highest BCUT2D eigenvalue weighted by Gasteiger charge is 2.02. The van der Waals surface area contributed by atoms with E-state index in [1.54, 1.807) is 17.8 Å². The first-order chi connectivity index (χ1) is 11.6. The fourth-order valence-electron chi connectivity index (χ4n) is 1.67. The van der Waals surface area contributed by atoms with Crippen molar-refractivity contribution in [3.63, 3.8) is 0 Å².